The lowest BCUT2D eigenvalue weighted by molar-refractivity contribution is 0.0692. The zero-order valence-corrected chi connectivity index (χ0v) is 11.2. The van der Waals surface area contributed by atoms with Crippen LogP contribution in [0, 0.1) is 5.92 Å². The lowest BCUT2D eigenvalue weighted by Gasteiger charge is -2.08. The first kappa shape index (κ1) is 12.9. The van der Waals surface area contributed by atoms with Crippen LogP contribution in [-0.4, -0.2) is 21.8 Å². The van der Waals surface area contributed by atoms with Crippen molar-refractivity contribution < 1.29 is 9.90 Å². The maximum atomic E-state index is 11.3. The van der Waals surface area contributed by atoms with Gasteiger partial charge in [-0.25, -0.2) is 9.78 Å². The standard InChI is InChI=1S/C14H15NO2S/c1-9(2)8-18-13-11(14(16)17)7-10-5-3-4-6-12(10)15-13/h3-7,9H,8H2,1-2H3,(H,16,17). The molecule has 2 aromatic rings. The van der Waals surface area contributed by atoms with E-state index in [0.29, 0.717) is 16.5 Å². The summed E-state index contributed by atoms with van der Waals surface area (Å²) >= 11 is 1.51. The van der Waals surface area contributed by atoms with Crippen LogP contribution >= 0.6 is 11.8 Å². The van der Waals surface area contributed by atoms with Crippen molar-refractivity contribution >= 4 is 28.6 Å². The molecule has 4 heteroatoms. The van der Waals surface area contributed by atoms with Gasteiger partial charge in [0.05, 0.1) is 11.1 Å². The summed E-state index contributed by atoms with van der Waals surface area (Å²) in [7, 11) is 0. The van der Waals surface area contributed by atoms with Gasteiger partial charge in [0.25, 0.3) is 0 Å². The molecule has 0 bridgehead atoms. The number of aromatic carboxylic acids is 1. The number of thioether (sulfide) groups is 1. The molecule has 2 rings (SSSR count). The minimum atomic E-state index is -0.917. The minimum absolute atomic E-state index is 0.291. The van der Waals surface area contributed by atoms with E-state index in [1.165, 1.54) is 11.8 Å². The first-order valence-corrected chi connectivity index (χ1v) is 6.82. The second-order valence-electron chi connectivity index (χ2n) is 4.54. The lowest BCUT2D eigenvalue weighted by atomic mass is 10.1. The molecule has 0 aliphatic heterocycles. The molecule has 1 heterocycles. The predicted octanol–water partition coefficient (Wildman–Crippen LogP) is 3.68. The van der Waals surface area contributed by atoms with Gasteiger partial charge in [0, 0.05) is 11.1 Å². The molecule has 0 radical (unpaired) electrons. The van der Waals surface area contributed by atoms with E-state index < -0.39 is 5.97 Å². The van der Waals surface area contributed by atoms with Crippen molar-refractivity contribution in [3.05, 3.63) is 35.9 Å². The number of carboxylic acid groups (broad SMARTS) is 1. The molecule has 0 saturated heterocycles. The van der Waals surface area contributed by atoms with Crippen LogP contribution in [0.25, 0.3) is 10.9 Å². The van der Waals surface area contributed by atoms with Crippen molar-refractivity contribution in [2.75, 3.05) is 5.75 Å². The number of nitrogens with zero attached hydrogens (tertiary/aromatic N) is 1. The van der Waals surface area contributed by atoms with Crippen LogP contribution in [0.15, 0.2) is 35.4 Å². The Morgan fingerprint density at radius 3 is 2.78 bits per heavy atom. The summed E-state index contributed by atoms with van der Waals surface area (Å²) in [5.41, 5.74) is 1.13. The Balaban J connectivity index is 2.47. The second-order valence-corrected chi connectivity index (χ2v) is 5.55. The maximum Gasteiger partial charge on any atom is 0.338 e. The summed E-state index contributed by atoms with van der Waals surface area (Å²) in [6.45, 7) is 4.21. The molecule has 0 saturated carbocycles. The second kappa shape index (κ2) is 5.40. The Morgan fingerprint density at radius 1 is 1.39 bits per heavy atom. The highest BCUT2D eigenvalue weighted by molar-refractivity contribution is 7.99. The average molecular weight is 261 g/mol. The Morgan fingerprint density at radius 2 is 2.11 bits per heavy atom. The van der Waals surface area contributed by atoms with Gasteiger partial charge >= 0.3 is 5.97 Å². The number of benzene rings is 1. The van der Waals surface area contributed by atoms with Crippen LogP contribution in [0.4, 0.5) is 0 Å². The predicted molar refractivity (Wildman–Crippen MR) is 74.3 cm³/mol. The van der Waals surface area contributed by atoms with E-state index in [1.54, 1.807) is 6.07 Å². The van der Waals surface area contributed by atoms with E-state index in [0.717, 1.165) is 16.7 Å². The molecule has 1 aromatic carbocycles. The van der Waals surface area contributed by atoms with Crippen LogP contribution in [-0.2, 0) is 0 Å². The highest BCUT2D eigenvalue weighted by atomic mass is 32.2. The fourth-order valence-electron chi connectivity index (χ4n) is 1.61. The molecular weight excluding hydrogens is 246 g/mol. The normalized spacial score (nSPS) is 11.1. The van der Waals surface area contributed by atoms with Crippen molar-refractivity contribution in [2.45, 2.75) is 18.9 Å². The Labute approximate surface area is 110 Å². The van der Waals surface area contributed by atoms with Gasteiger partial charge in [-0.15, -0.1) is 11.8 Å². The van der Waals surface area contributed by atoms with Gasteiger partial charge in [-0.2, -0.15) is 0 Å². The monoisotopic (exact) mass is 261 g/mol. The molecule has 0 spiro atoms. The van der Waals surface area contributed by atoms with Gasteiger partial charge in [-0.3, -0.25) is 0 Å². The van der Waals surface area contributed by atoms with Crippen molar-refractivity contribution in [1.82, 2.24) is 4.98 Å². The summed E-state index contributed by atoms with van der Waals surface area (Å²) in [6.07, 6.45) is 0. The molecule has 0 atom stereocenters. The largest absolute Gasteiger partial charge is 0.478 e. The Hall–Kier alpha value is -1.55. The minimum Gasteiger partial charge on any atom is -0.478 e. The molecule has 1 aromatic heterocycles. The number of carbonyl (C=O) groups is 1. The summed E-state index contributed by atoms with van der Waals surface area (Å²) in [5, 5.41) is 10.7. The molecule has 18 heavy (non-hydrogen) atoms. The van der Waals surface area contributed by atoms with E-state index in [-0.39, 0.29) is 0 Å². The number of hydrogen-bond acceptors (Lipinski definition) is 3. The van der Waals surface area contributed by atoms with Crippen LogP contribution in [0.2, 0.25) is 0 Å². The van der Waals surface area contributed by atoms with Crippen LogP contribution in [0.5, 0.6) is 0 Å². The number of fused-ring (bicyclic) bond motifs is 1. The molecular formula is C14H15NO2S. The zero-order valence-electron chi connectivity index (χ0n) is 10.4. The van der Waals surface area contributed by atoms with E-state index in [9.17, 15) is 9.90 Å². The first-order valence-electron chi connectivity index (χ1n) is 5.84. The SMILES string of the molecule is CC(C)CSc1nc2ccccc2cc1C(=O)O. The average Bonchev–Trinajstić information content (AvgIpc) is 2.35. The van der Waals surface area contributed by atoms with E-state index in [4.69, 9.17) is 0 Å². The molecule has 94 valence electrons. The molecule has 0 unspecified atom stereocenters. The third-order valence-electron chi connectivity index (χ3n) is 2.47. The number of aromatic nitrogens is 1. The molecule has 0 amide bonds. The van der Waals surface area contributed by atoms with Gasteiger partial charge in [0.15, 0.2) is 0 Å². The van der Waals surface area contributed by atoms with Crippen LogP contribution in [0.3, 0.4) is 0 Å². The van der Waals surface area contributed by atoms with E-state index >= 15 is 0 Å². The van der Waals surface area contributed by atoms with Gasteiger partial charge in [-0.1, -0.05) is 32.0 Å². The molecule has 0 aliphatic rings. The highest BCUT2D eigenvalue weighted by Gasteiger charge is 2.14. The van der Waals surface area contributed by atoms with Gasteiger partial charge in [-0.05, 0) is 18.1 Å². The van der Waals surface area contributed by atoms with Crippen molar-refractivity contribution in [2.24, 2.45) is 5.92 Å². The van der Waals surface area contributed by atoms with E-state index in [2.05, 4.69) is 18.8 Å². The number of carboxylic acids is 1. The summed E-state index contributed by atoms with van der Waals surface area (Å²) in [6, 6.07) is 9.28. The third-order valence-corrected chi connectivity index (χ3v) is 3.89. The molecule has 3 nitrogen and oxygen atoms in total. The highest BCUT2D eigenvalue weighted by Crippen LogP contribution is 2.26. The number of hydrogen-bond donors (Lipinski definition) is 1. The Kier molecular flexibility index (Phi) is 3.87. The van der Waals surface area contributed by atoms with Gasteiger partial charge in [0.2, 0.25) is 0 Å². The smallest absolute Gasteiger partial charge is 0.338 e. The lowest BCUT2D eigenvalue weighted by Crippen LogP contribution is -2.03. The molecule has 0 fully saturated rings. The van der Waals surface area contributed by atoms with Crippen LogP contribution < -0.4 is 0 Å². The topological polar surface area (TPSA) is 50.2 Å². The molecule has 1 N–H and O–H groups in total. The van der Waals surface area contributed by atoms with Crippen molar-refractivity contribution in [3.63, 3.8) is 0 Å². The number of rotatable bonds is 4. The third kappa shape index (κ3) is 2.82. The quantitative estimate of drug-likeness (QED) is 0.853. The maximum absolute atomic E-state index is 11.3. The summed E-state index contributed by atoms with van der Waals surface area (Å²) in [4.78, 5) is 15.7. The number of pyridine rings is 1. The summed E-state index contributed by atoms with van der Waals surface area (Å²) < 4.78 is 0. The first-order chi connectivity index (χ1) is 8.58. The van der Waals surface area contributed by atoms with Gasteiger partial charge in [0.1, 0.15) is 5.03 Å². The molecule has 0 aliphatic carbocycles. The Bertz CT molecular complexity index is 581. The summed E-state index contributed by atoms with van der Waals surface area (Å²) in [5.74, 6) is 0.454. The fourth-order valence-corrected chi connectivity index (χ4v) is 2.56. The van der Waals surface area contributed by atoms with Crippen molar-refractivity contribution in [3.8, 4) is 0 Å². The van der Waals surface area contributed by atoms with E-state index in [1.807, 2.05) is 24.3 Å². The van der Waals surface area contributed by atoms with Crippen molar-refractivity contribution in [1.29, 1.82) is 0 Å². The fraction of sp³-hybridized carbons (Fsp3) is 0.286. The number of para-hydroxylation sites is 1. The van der Waals surface area contributed by atoms with Gasteiger partial charge < -0.3 is 5.11 Å². The zero-order chi connectivity index (χ0) is 13.1. The van der Waals surface area contributed by atoms with Crippen LogP contribution in [0.1, 0.15) is 24.2 Å².